The summed E-state index contributed by atoms with van der Waals surface area (Å²) in [7, 11) is -3.50. The molecule has 6 nitrogen and oxygen atoms in total. The van der Waals surface area contributed by atoms with Crippen molar-refractivity contribution < 1.29 is 18.3 Å². The Morgan fingerprint density at radius 2 is 2.14 bits per heavy atom. The zero-order valence-corrected chi connectivity index (χ0v) is 14.7. The number of aryl methyl sites for hydroxylation is 1. The van der Waals surface area contributed by atoms with Crippen LogP contribution in [0.3, 0.4) is 0 Å². The molecule has 0 bridgehead atoms. The number of hydrogen-bond donors (Lipinski definition) is 2. The first-order valence-electron chi connectivity index (χ1n) is 6.50. The van der Waals surface area contributed by atoms with Crippen LogP contribution in [0.15, 0.2) is 14.1 Å². The number of carboxylic acids is 1. The largest absolute Gasteiger partial charge is 0.480 e. The topological polar surface area (TPSA) is 86.7 Å². The molecule has 2 heterocycles. The Kier molecular flexibility index (Phi) is 5.42. The Morgan fingerprint density at radius 3 is 2.62 bits per heavy atom. The van der Waals surface area contributed by atoms with Crippen molar-refractivity contribution in [2.45, 2.75) is 30.0 Å². The average Bonchev–Trinajstić information content (AvgIpc) is 2.72. The number of carboxylic acid groups (broad SMARTS) is 1. The molecule has 2 rings (SSSR count). The molecule has 0 aromatic carbocycles. The number of sulfonamides is 1. The van der Waals surface area contributed by atoms with Crippen LogP contribution in [0.5, 0.6) is 0 Å². The number of carbonyl (C=O) groups is 1. The third-order valence-electron chi connectivity index (χ3n) is 3.37. The second-order valence-electron chi connectivity index (χ2n) is 5.09. The van der Waals surface area contributed by atoms with Crippen molar-refractivity contribution in [3.8, 4) is 0 Å². The smallest absolute Gasteiger partial charge is 0.317 e. The fourth-order valence-electron chi connectivity index (χ4n) is 2.24. The molecule has 1 aliphatic heterocycles. The second kappa shape index (κ2) is 6.74. The summed E-state index contributed by atoms with van der Waals surface area (Å²) >= 11 is 4.53. The van der Waals surface area contributed by atoms with Crippen LogP contribution in [0.4, 0.5) is 0 Å². The van der Waals surface area contributed by atoms with E-state index < -0.39 is 16.0 Å². The fourth-order valence-corrected chi connectivity index (χ4v) is 5.79. The van der Waals surface area contributed by atoms with Crippen LogP contribution in [-0.2, 0) is 14.8 Å². The summed E-state index contributed by atoms with van der Waals surface area (Å²) in [6.07, 6.45) is 1.25. The number of likely N-dealkylation sites (tertiary alicyclic amines) is 1. The maximum absolute atomic E-state index is 12.3. The van der Waals surface area contributed by atoms with Crippen LogP contribution in [-0.4, -0.2) is 50.1 Å². The summed E-state index contributed by atoms with van der Waals surface area (Å²) in [6.45, 7) is 3.04. The number of nitrogens with one attached hydrogen (secondary N) is 1. The molecule has 9 heteroatoms. The van der Waals surface area contributed by atoms with E-state index in [4.69, 9.17) is 5.11 Å². The van der Waals surface area contributed by atoms with E-state index in [9.17, 15) is 13.2 Å². The van der Waals surface area contributed by atoms with Gasteiger partial charge in [-0.05, 0) is 47.3 Å². The van der Waals surface area contributed by atoms with Crippen LogP contribution >= 0.6 is 27.3 Å². The van der Waals surface area contributed by atoms with Crippen molar-refractivity contribution in [3.63, 3.8) is 0 Å². The Bertz CT molecular complexity index is 602. The molecule has 2 N–H and O–H groups in total. The lowest BCUT2D eigenvalue weighted by molar-refractivity contribution is -0.138. The van der Waals surface area contributed by atoms with Gasteiger partial charge in [0.1, 0.15) is 4.21 Å². The molecule has 0 radical (unpaired) electrons. The normalized spacial score (nSPS) is 18.0. The Morgan fingerprint density at radius 1 is 1.52 bits per heavy atom. The minimum absolute atomic E-state index is 0.0105. The highest BCUT2D eigenvalue weighted by Crippen LogP contribution is 2.30. The second-order valence-corrected chi connectivity index (χ2v) is 9.40. The molecule has 118 valence electrons. The van der Waals surface area contributed by atoms with Crippen LogP contribution in [0.2, 0.25) is 0 Å². The number of rotatable bonds is 5. The summed E-state index contributed by atoms with van der Waals surface area (Å²) in [5.41, 5.74) is 0.900. The molecule has 1 aromatic rings. The molecular formula is C12H17BrN2O4S2. The molecule has 1 fully saturated rings. The zero-order valence-electron chi connectivity index (χ0n) is 11.5. The van der Waals surface area contributed by atoms with E-state index in [1.807, 2.05) is 11.8 Å². The van der Waals surface area contributed by atoms with E-state index in [0.717, 1.165) is 9.35 Å². The van der Waals surface area contributed by atoms with Crippen molar-refractivity contribution in [2.24, 2.45) is 0 Å². The average molecular weight is 397 g/mol. The standard InChI is InChI=1S/C12H17BrN2O4S2/c1-8-6-11(20-12(8)13)21(18,19)14-9-2-4-15(5-3-9)7-10(16)17/h6,9,14H,2-5,7H2,1H3,(H,16,17). The molecular weight excluding hydrogens is 380 g/mol. The molecule has 0 aliphatic carbocycles. The first kappa shape index (κ1) is 16.9. The number of piperidine rings is 1. The molecule has 0 spiro atoms. The lowest BCUT2D eigenvalue weighted by atomic mass is 10.1. The van der Waals surface area contributed by atoms with E-state index >= 15 is 0 Å². The summed E-state index contributed by atoms with van der Waals surface area (Å²) in [5, 5.41) is 8.74. The van der Waals surface area contributed by atoms with E-state index in [0.29, 0.717) is 30.1 Å². The van der Waals surface area contributed by atoms with E-state index in [1.54, 1.807) is 6.07 Å². The van der Waals surface area contributed by atoms with Gasteiger partial charge < -0.3 is 5.11 Å². The molecule has 21 heavy (non-hydrogen) atoms. The lowest BCUT2D eigenvalue weighted by Gasteiger charge is -2.30. The summed E-state index contributed by atoms with van der Waals surface area (Å²) in [5.74, 6) is -0.854. The highest BCUT2D eigenvalue weighted by atomic mass is 79.9. The van der Waals surface area contributed by atoms with Crippen molar-refractivity contribution >= 4 is 43.3 Å². The van der Waals surface area contributed by atoms with E-state index in [2.05, 4.69) is 20.7 Å². The fraction of sp³-hybridized carbons (Fsp3) is 0.583. The van der Waals surface area contributed by atoms with Gasteiger partial charge in [0, 0.05) is 19.1 Å². The highest BCUT2D eigenvalue weighted by Gasteiger charge is 2.26. The first-order chi connectivity index (χ1) is 9.78. The predicted molar refractivity (Wildman–Crippen MR) is 84.2 cm³/mol. The maximum atomic E-state index is 12.3. The molecule has 0 atom stereocenters. The Hall–Kier alpha value is -0.480. The van der Waals surface area contributed by atoms with Crippen LogP contribution in [0, 0.1) is 6.92 Å². The number of hydrogen-bond acceptors (Lipinski definition) is 5. The Balaban J connectivity index is 1.95. The minimum atomic E-state index is -3.50. The first-order valence-corrected chi connectivity index (χ1v) is 9.59. The third kappa shape index (κ3) is 4.49. The van der Waals surface area contributed by atoms with Crippen molar-refractivity contribution in [1.82, 2.24) is 9.62 Å². The summed E-state index contributed by atoms with van der Waals surface area (Å²) < 4.78 is 28.4. The summed E-state index contributed by atoms with van der Waals surface area (Å²) in [6, 6.07) is 1.51. The van der Waals surface area contributed by atoms with Crippen LogP contribution < -0.4 is 4.72 Å². The molecule has 1 saturated heterocycles. The van der Waals surface area contributed by atoms with E-state index in [-0.39, 0.29) is 12.6 Å². The van der Waals surface area contributed by atoms with Crippen molar-refractivity contribution in [1.29, 1.82) is 0 Å². The molecule has 0 unspecified atom stereocenters. The van der Waals surface area contributed by atoms with Gasteiger partial charge in [0.25, 0.3) is 0 Å². The Labute approximate surface area is 136 Å². The SMILES string of the molecule is Cc1cc(S(=O)(=O)NC2CCN(CC(=O)O)CC2)sc1Br. The molecule has 0 amide bonds. The van der Waals surface area contributed by atoms with Crippen molar-refractivity contribution in [3.05, 3.63) is 15.4 Å². The van der Waals surface area contributed by atoms with Gasteiger partial charge in [0.15, 0.2) is 0 Å². The van der Waals surface area contributed by atoms with Crippen molar-refractivity contribution in [2.75, 3.05) is 19.6 Å². The van der Waals surface area contributed by atoms with Gasteiger partial charge in [-0.3, -0.25) is 9.69 Å². The van der Waals surface area contributed by atoms with Gasteiger partial charge in [-0.15, -0.1) is 11.3 Å². The number of aliphatic carboxylic acids is 1. The highest BCUT2D eigenvalue weighted by molar-refractivity contribution is 9.11. The third-order valence-corrected chi connectivity index (χ3v) is 7.50. The summed E-state index contributed by atoms with van der Waals surface area (Å²) in [4.78, 5) is 12.5. The molecule has 1 aliphatic rings. The van der Waals surface area contributed by atoms with Gasteiger partial charge in [-0.2, -0.15) is 0 Å². The quantitative estimate of drug-likeness (QED) is 0.789. The van der Waals surface area contributed by atoms with Gasteiger partial charge in [0.05, 0.1) is 10.3 Å². The number of thiophene rings is 1. The van der Waals surface area contributed by atoms with Crippen LogP contribution in [0.1, 0.15) is 18.4 Å². The molecule has 1 aromatic heterocycles. The minimum Gasteiger partial charge on any atom is -0.480 e. The number of nitrogens with zero attached hydrogens (tertiary/aromatic N) is 1. The van der Waals surface area contributed by atoms with Crippen LogP contribution in [0.25, 0.3) is 0 Å². The van der Waals surface area contributed by atoms with Gasteiger partial charge in [0.2, 0.25) is 10.0 Å². The molecule has 0 saturated carbocycles. The zero-order chi connectivity index (χ0) is 15.6. The van der Waals surface area contributed by atoms with Gasteiger partial charge >= 0.3 is 5.97 Å². The lowest BCUT2D eigenvalue weighted by Crippen LogP contribution is -2.45. The monoisotopic (exact) mass is 396 g/mol. The van der Waals surface area contributed by atoms with Gasteiger partial charge in [-0.1, -0.05) is 0 Å². The predicted octanol–water partition coefficient (Wildman–Crippen LogP) is 1.65. The van der Waals surface area contributed by atoms with E-state index in [1.165, 1.54) is 11.3 Å². The number of halogens is 1. The maximum Gasteiger partial charge on any atom is 0.317 e. The van der Waals surface area contributed by atoms with Gasteiger partial charge in [-0.25, -0.2) is 13.1 Å².